The van der Waals surface area contributed by atoms with E-state index in [1.165, 1.54) is 10.9 Å². The molecule has 2 heteroatoms. The zero-order chi connectivity index (χ0) is 8.13. The Labute approximate surface area is 69.8 Å². The SMILES string of the molecule is Cc1c2c(nc3ccccc13)O2. The van der Waals surface area contributed by atoms with Crippen molar-refractivity contribution >= 4 is 10.9 Å². The second-order valence-electron chi connectivity index (χ2n) is 2.99. The van der Waals surface area contributed by atoms with Gasteiger partial charge in [0, 0.05) is 10.9 Å². The van der Waals surface area contributed by atoms with Gasteiger partial charge in [0.25, 0.3) is 5.88 Å². The highest BCUT2D eigenvalue weighted by Gasteiger charge is 2.26. The van der Waals surface area contributed by atoms with E-state index in [1.54, 1.807) is 0 Å². The van der Waals surface area contributed by atoms with Crippen LogP contribution in [-0.2, 0) is 0 Å². The van der Waals surface area contributed by atoms with E-state index in [1.807, 2.05) is 18.2 Å². The lowest BCUT2D eigenvalue weighted by atomic mass is 10.1. The molecule has 2 aromatic rings. The molecule has 0 saturated heterocycles. The molecule has 0 saturated carbocycles. The van der Waals surface area contributed by atoms with E-state index >= 15 is 0 Å². The maximum absolute atomic E-state index is 5.20. The third-order valence-electron chi connectivity index (χ3n) is 2.22. The first-order chi connectivity index (χ1) is 5.86. The van der Waals surface area contributed by atoms with Gasteiger partial charge in [0.1, 0.15) is 0 Å². The number of nitrogens with zero attached hydrogens (tertiary/aromatic N) is 1. The predicted molar refractivity (Wildman–Crippen MR) is 46.6 cm³/mol. The van der Waals surface area contributed by atoms with Crippen molar-refractivity contribution in [1.29, 1.82) is 0 Å². The van der Waals surface area contributed by atoms with Gasteiger partial charge in [0.2, 0.25) is 0 Å². The molecule has 2 nitrogen and oxygen atoms in total. The van der Waals surface area contributed by atoms with Crippen LogP contribution in [0.4, 0.5) is 0 Å². The quantitative estimate of drug-likeness (QED) is 0.469. The number of hydrogen-bond donors (Lipinski definition) is 0. The van der Waals surface area contributed by atoms with Crippen LogP contribution in [-0.4, -0.2) is 4.98 Å². The van der Waals surface area contributed by atoms with Crippen molar-refractivity contribution in [1.82, 2.24) is 4.98 Å². The summed E-state index contributed by atoms with van der Waals surface area (Å²) in [6.07, 6.45) is 0. The van der Waals surface area contributed by atoms with E-state index in [4.69, 9.17) is 4.74 Å². The Morgan fingerprint density at radius 2 is 2.08 bits per heavy atom. The molecule has 0 N–H and O–H groups in total. The summed E-state index contributed by atoms with van der Waals surface area (Å²) in [6, 6.07) is 8.08. The zero-order valence-corrected chi connectivity index (χ0v) is 6.66. The van der Waals surface area contributed by atoms with Gasteiger partial charge in [-0.3, -0.25) is 0 Å². The molecule has 0 amide bonds. The maximum Gasteiger partial charge on any atom is 0.264 e. The molecule has 0 fully saturated rings. The number of rotatable bonds is 0. The van der Waals surface area contributed by atoms with Crippen molar-refractivity contribution in [2.75, 3.05) is 0 Å². The van der Waals surface area contributed by atoms with Gasteiger partial charge in [-0.1, -0.05) is 18.2 Å². The molecule has 12 heavy (non-hydrogen) atoms. The second-order valence-corrected chi connectivity index (χ2v) is 2.99. The lowest BCUT2D eigenvalue weighted by molar-refractivity contribution is 0.633. The molecule has 0 bridgehead atoms. The van der Waals surface area contributed by atoms with Gasteiger partial charge in [-0.2, -0.15) is 0 Å². The van der Waals surface area contributed by atoms with Crippen LogP contribution in [0.2, 0.25) is 0 Å². The van der Waals surface area contributed by atoms with E-state index in [9.17, 15) is 0 Å². The van der Waals surface area contributed by atoms with Gasteiger partial charge in [-0.05, 0) is 13.0 Å². The molecular weight excluding hydrogens is 150 g/mol. The Kier molecular flexibility index (Phi) is 0.888. The maximum atomic E-state index is 5.20. The Bertz CT molecular complexity index is 476. The fraction of sp³-hybridized carbons (Fsp3) is 0.100. The topological polar surface area (TPSA) is 25.4 Å². The number of aromatic nitrogens is 1. The Hall–Kier alpha value is -1.57. The van der Waals surface area contributed by atoms with Crippen molar-refractivity contribution in [3.8, 4) is 11.6 Å². The van der Waals surface area contributed by atoms with Crippen molar-refractivity contribution < 1.29 is 4.74 Å². The smallest absolute Gasteiger partial charge is 0.264 e. The van der Waals surface area contributed by atoms with E-state index in [2.05, 4.69) is 18.0 Å². The van der Waals surface area contributed by atoms with Gasteiger partial charge >= 0.3 is 0 Å². The highest BCUT2D eigenvalue weighted by atomic mass is 16.6. The van der Waals surface area contributed by atoms with Crippen LogP contribution in [0.15, 0.2) is 24.3 Å². The van der Waals surface area contributed by atoms with Crippen molar-refractivity contribution in [3.05, 3.63) is 29.8 Å². The summed E-state index contributed by atoms with van der Waals surface area (Å²) in [5.41, 5.74) is 2.22. The van der Waals surface area contributed by atoms with Crippen molar-refractivity contribution in [2.45, 2.75) is 6.92 Å². The van der Waals surface area contributed by atoms with Gasteiger partial charge in [0.05, 0.1) is 5.52 Å². The molecule has 0 aliphatic carbocycles. The van der Waals surface area contributed by atoms with E-state index in [0.717, 1.165) is 17.1 Å². The monoisotopic (exact) mass is 157 g/mol. The summed E-state index contributed by atoms with van der Waals surface area (Å²) in [6.45, 7) is 2.07. The lowest BCUT2D eigenvalue weighted by Crippen LogP contribution is -1.75. The molecule has 0 spiro atoms. The van der Waals surface area contributed by atoms with Crippen LogP contribution in [0.5, 0.6) is 11.6 Å². The number of benzene rings is 1. The molecule has 58 valence electrons. The minimum Gasteiger partial charge on any atom is -0.430 e. The summed E-state index contributed by atoms with van der Waals surface area (Å²) in [4.78, 5) is 4.31. The Balaban J connectivity index is 2.55. The predicted octanol–water partition coefficient (Wildman–Crippen LogP) is 2.65. The van der Waals surface area contributed by atoms with E-state index < -0.39 is 0 Å². The van der Waals surface area contributed by atoms with E-state index in [-0.39, 0.29) is 0 Å². The highest BCUT2D eigenvalue weighted by Crippen LogP contribution is 2.48. The fourth-order valence-electron chi connectivity index (χ4n) is 1.50. The van der Waals surface area contributed by atoms with Crippen LogP contribution in [0.1, 0.15) is 5.56 Å². The molecule has 1 aliphatic rings. The van der Waals surface area contributed by atoms with Crippen LogP contribution in [0.25, 0.3) is 10.9 Å². The summed E-state index contributed by atoms with van der Waals surface area (Å²) in [5, 5.41) is 1.19. The first kappa shape index (κ1) is 6.00. The fourth-order valence-corrected chi connectivity index (χ4v) is 1.50. The second kappa shape index (κ2) is 1.78. The van der Waals surface area contributed by atoms with Crippen molar-refractivity contribution in [2.24, 2.45) is 0 Å². The number of para-hydroxylation sites is 1. The number of fused-ring (bicyclic) bond motifs is 2. The number of pyridine rings is 1. The summed E-state index contributed by atoms with van der Waals surface area (Å²) < 4.78 is 5.20. The van der Waals surface area contributed by atoms with Crippen LogP contribution >= 0.6 is 0 Å². The largest absolute Gasteiger partial charge is 0.430 e. The first-order valence-corrected chi connectivity index (χ1v) is 3.93. The number of aryl methyl sites for hydroxylation is 1. The molecule has 3 rings (SSSR count). The molecule has 0 unspecified atom stereocenters. The molecular formula is C10H7NO. The van der Waals surface area contributed by atoms with Gasteiger partial charge in [-0.25, -0.2) is 4.98 Å². The van der Waals surface area contributed by atoms with Crippen LogP contribution < -0.4 is 4.74 Å². The minimum atomic E-state index is 0.797. The van der Waals surface area contributed by atoms with Crippen LogP contribution in [0.3, 0.4) is 0 Å². The van der Waals surface area contributed by atoms with Crippen LogP contribution in [0, 0.1) is 6.92 Å². The summed E-state index contributed by atoms with van der Waals surface area (Å²) in [5.74, 6) is 1.76. The third kappa shape index (κ3) is 0.619. The van der Waals surface area contributed by atoms with E-state index in [0.29, 0.717) is 0 Å². The van der Waals surface area contributed by atoms with Gasteiger partial charge in [0.15, 0.2) is 5.75 Å². The number of hydrogen-bond acceptors (Lipinski definition) is 2. The lowest BCUT2D eigenvalue weighted by Gasteiger charge is -1.94. The van der Waals surface area contributed by atoms with Crippen molar-refractivity contribution in [3.63, 3.8) is 0 Å². The molecule has 1 aromatic heterocycles. The Morgan fingerprint density at radius 3 is 3.00 bits per heavy atom. The number of ether oxygens (including phenoxy) is 1. The Morgan fingerprint density at radius 1 is 1.25 bits per heavy atom. The zero-order valence-electron chi connectivity index (χ0n) is 6.66. The molecule has 2 heterocycles. The average molecular weight is 157 g/mol. The van der Waals surface area contributed by atoms with Gasteiger partial charge in [-0.15, -0.1) is 0 Å². The van der Waals surface area contributed by atoms with Gasteiger partial charge < -0.3 is 4.74 Å². The molecule has 1 aliphatic heterocycles. The summed E-state index contributed by atoms with van der Waals surface area (Å²) in [7, 11) is 0. The molecule has 0 atom stereocenters. The standard InChI is InChI=1S/C10H7NO/c1-6-7-4-2-3-5-8(7)11-10-9(6)12-10/h2-5H,1H3. The molecule has 1 aromatic carbocycles. The third-order valence-corrected chi connectivity index (χ3v) is 2.22. The first-order valence-electron chi connectivity index (χ1n) is 3.93. The minimum absolute atomic E-state index is 0.797. The summed E-state index contributed by atoms with van der Waals surface area (Å²) >= 11 is 0. The normalized spacial score (nSPS) is 12.4. The highest BCUT2D eigenvalue weighted by molar-refractivity contribution is 5.87. The molecule has 0 radical (unpaired) electrons. The average Bonchev–Trinajstić information content (AvgIpc) is 2.84.